The van der Waals surface area contributed by atoms with E-state index in [2.05, 4.69) is 10.2 Å². The van der Waals surface area contributed by atoms with Gasteiger partial charge < -0.3 is 10.1 Å². The number of hydrogen-bond acceptors (Lipinski definition) is 4. The Labute approximate surface area is 110 Å². The van der Waals surface area contributed by atoms with Crippen molar-refractivity contribution in [2.24, 2.45) is 0 Å². The van der Waals surface area contributed by atoms with Gasteiger partial charge in [0.25, 0.3) is 0 Å². The van der Waals surface area contributed by atoms with Crippen LogP contribution in [0.4, 0.5) is 0 Å². The first-order valence-corrected chi connectivity index (χ1v) is 6.99. The Bertz CT molecular complexity index is 267. The van der Waals surface area contributed by atoms with E-state index in [0.29, 0.717) is 12.6 Å². The Kier molecular flexibility index (Phi) is 7.69. The lowest BCUT2D eigenvalue weighted by molar-refractivity contribution is -0.137. The summed E-state index contributed by atoms with van der Waals surface area (Å²) in [5.74, 6) is -0.235. The third kappa shape index (κ3) is 5.65. The fourth-order valence-corrected chi connectivity index (χ4v) is 2.41. The molecule has 0 spiro atoms. The van der Waals surface area contributed by atoms with Crippen molar-refractivity contribution in [3.8, 4) is 0 Å². The highest BCUT2D eigenvalue weighted by atomic mass is 16.5. The number of carbonyl (C=O) groups is 1. The summed E-state index contributed by atoms with van der Waals surface area (Å²) in [7, 11) is 1.99. The average molecular weight is 254 g/mol. The van der Waals surface area contributed by atoms with Crippen LogP contribution in [0.5, 0.6) is 0 Å². The molecule has 0 bridgehead atoms. The zero-order valence-electron chi connectivity index (χ0n) is 11.7. The van der Waals surface area contributed by atoms with Gasteiger partial charge in [-0.3, -0.25) is 4.90 Å². The molecule has 0 amide bonds. The SMILES string of the molecule is CCOC(=O)/C=C/CN1CCCCC1CCNC. The molecule has 1 heterocycles. The molecular weight excluding hydrogens is 228 g/mol. The molecule has 0 aromatic rings. The smallest absolute Gasteiger partial charge is 0.330 e. The second-order valence-electron chi connectivity index (χ2n) is 4.69. The highest BCUT2D eigenvalue weighted by molar-refractivity contribution is 5.81. The maximum atomic E-state index is 11.2. The minimum atomic E-state index is -0.235. The van der Waals surface area contributed by atoms with Crippen LogP contribution in [0.25, 0.3) is 0 Å². The maximum Gasteiger partial charge on any atom is 0.330 e. The lowest BCUT2D eigenvalue weighted by Gasteiger charge is -2.35. The van der Waals surface area contributed by atoms with E-state index < -0.39 is 0 Å². The van der Waals surface area contributed by atoms with Gasteiger partial charge in [0, 0.05) is 18.7 Å². The maximum absolute atomic E-state index is 11.2. The largest absolute Gasteiger partial charge is 0.463 e. The predicted octanol–water partition coefficient (Wildman–Crippen LogP) is 1.57. The van der Waals surface area contributed by atoms with Gasteiger partial charge in [-0.15, -0.1) is 0 Å². The molecule has 18 heavy (non-hydrogen) atoms. The Morgan fingerprint density at radius 2 is 2.33 bits per heavy atom. The van der Waals surface area contributed by atoms with Crippen LogP contribution in [0.15, 0.2) is 12.2 Å². The molecule has 1 unspecified atom stereocenters. The predicted molar refractivity (Wildman–Crippen MR) is 73.5 cm³/mol. The number of ether oxygens (including phenoxy) is 1. The van der Waals surface area contributed by atoms with Gasteiger partial charge in [0.15, 0.2) is 0 Å². The zero-order valence-corrected chi connectivity index (χ0v) is 11.7. The molecule has 1 saturated heterocycles. The minimum absolute atomic E-state index is 0.235. The van der Waals surface area contributed by atoms with E-state index >= 15 is 0 Å². The summed E-state index contributed by atoms with van der Waals surface area (Å²) in [5, 5.41) is 3.21. The van der Waals surface area contributed by atoms with Gasteiger partial charge in [0.1, 0.15) is 0 Å². The molecule has 1 atom stereocenters. The molecule has 1 fully saturated rings. The molecule has 0 saturated carbocycles. The van der Waals surface area contributed by atoms with Crippen molar-refractivity contribution in [3.05, 3.63) is 12.2 Å². The van der Waals surface area contributed by atoms with E-state index in [1.54, 1.807) is 6.08 Å². The molecule has 4 heteroatoms. The second kappa shape index (κ2) is 9.11. The van der Waals surface area contributed by atoms with Crippen molar-refractivity contribution in [1.82, 2.24) is 10.2 Å². The highest BCUT2D eigenvalue weighted by Gasteiger charge is 2.20. The van der Waals surface area contributed by atoms with Crippen LogP contribution >= 0.6 is 0 Å². The molecule has 0 radical (unpaired) electrons. The second-order valence-corrected chi connectivity index (χ2v) is 4.69. The molecule has 1 rings (SSSR count). The Morgan fingerprint density at radius 1 is 1.50 bits per heavy atom. The molecular formula is C14H26N2O2. The number of rotatable bonds is 7. The van der Waals surface area contributed by atoms with Gasteiger partial charge in [-0.1, -0.05) is 12.5 Å². The van der Waals surface area contributed by atoms with Crippen molar-refractivity contribution in [3.63, 3.8) is 0 Å². The van der Waals surface area contributed by atoms with Gasteiger partial charge in [-0.25, -0.2) is 4.79 Å². The van der Waals surface area contributed by atoms with Gasteiger partial charge >= 0.3 is 5.97 Å². The van der Waals surface area contributed by atoms with Crippen molar-refractivity contribution in [2.75, 3.05) is 33.3 Å². The quantitative estimate of drug-likeness (QED) is 0.553. The van der Waals surface area contributed by atoms with Gasteiger partial charge in [0.2, 0.25) is 0 Å². The van der Waals surface area contributed by atoms with Gasteiger partial charge in [0.05, 0.1) is 6.61 Å². The monoisotopic (exact) mass is 254 g/mol. The number of carbonyl (C=O) groups excluding carboxylic acids is 1. The summed E-state index contributed by atoms with van der Waals surface area (Å²) >= 11 is 0. The van der Waals surface area contributed by atoms with Crippen LogP contribution in [0.1, 0.15) is 32.6 Å². The summed E-state index contributed by atoms with van der Waals surface area (Å²) < 4.78 is 4.87. The summed E-state index contributed by atoms with van der Waals surface area (Å²) in [6.07, 6.45) is 8.53. The molecule has 0 aliphatic carbocycles. The van der Waals surface area contributed by atoms with E-state index in [-0.39, 0.29) is 5.97 Å². The number of piperidine rings is 1. The topological polar surface area (TPSA) is 41.6 Å². The number of nitrogens with zero attached hydrogens (tertiary/aromatic N) is 1. The fourth-order valence-electron chi connectivity index (χ4n) is 2.41. The van der Waals surface area contributed by atoms with Crippen LogP contribution in [-0.4, -0.2) is 50.2 Å². The summed E-state index contributed by atoms with van der Waals surface area (Å²) in [5.41, 5.74) is 0. The molecule has 1 N–H and O–H groups in total. The summed E-state index contributed by atoms with van der Waals surface area (Å²) in [6, 6.07) is 0.651. The third-order valence-corrected chi connectivity index (χ3v) is 3.36. The Hall–Kier alpha value is -0.870. The Morgan fingerprint density at radius 3 is 3.06 bits per heavy atom. The number of likely N-dealkylation sites (tertiary alicyclic amines) is 1. The fraction of sp³-hybridized carbons (Fsp3) is 0.786. The molecule has 1 aliphatic rings. The van der Waals surface area contributed by atoms with E-state index in [1.807, 2.05) is 20.0 Å². The van der Waals surface area contributed by atoms with Gasteiger partial charge in [-0.05, 0) is 46.3 Å². The first-order valence-electron chi connectivity index (χ1n) is 6.99. The number of nitrogens with one attached hydrogen (secondary N) is 1. The molecule has 1 aliphatic heterocycles. The molecule has 4 nitrogen and oxygen atoms in total. The standard InChI is InChI=1S/C14H26N2O2/c1-3-18-14(17)8-6-12-16-11-5-4-7-13(16)9-10-15-2/h6,8,13,15H,3-5,7,9-12H2,1-2H3/b8-6+. The van der Waals surface area contributed by atoms with Crippen molar-refractivity contribution in [1.29, 1.82) is 0 Å². The number of hydrogen-bond donors (Lipinski definition) is 1. The lowest BCUT2D eigenvalue weighted by atomic mass is 9.99. The van der Waals surface area contributed by atoms with E-state index in [0.717, 1.165) is 19.6 Å². The zero-order chi connectivity index (χ0) is 13.2. The third-order valence-electron chi connectivity index (χ3n) is 3.36. The van der Waals surface area contributed by atoms with E-state index in [1.165, 1.54) is 25.7 Å². The molecule has 0 aromatic heterocycles. The van der Waals surface area contributed by atoms with Crippen LogP contribution in [0.2, 0.25) is 0 Å². The van der Waals surface area contributed by atoms with Crippen LogP contribution in [0.3, 0.4) is 0 Å². The van der Waals surface area contributed by atoms with Crippen LogP contribution < -0.4 is 5.32 Å². The normalized spacial score (nSPS) is 21.3. The number of esters is 1. The first-order chi connectivity index (χ1) is 8.77. The average Bonchev–Trinajstić information content (AvgIpc) is 2.38. The van der Waals surface area contributed by atoms with E-state index in [4.69, 9.17) is 4.74 Å². The minimum Gasteiger partial charge on any atom is -0.463 e. The molecule has 104 valence electrons. The van der Waals surface area contributed by atoms with Crippen LogP contribution in [0, 0.1) is 0 Å². The molecule has 0 aromatic carbocycles. The van der Waals surface area contributed by atoms with E-state index in [9.17, 15) is 4.79 Å². The first kappa shape index (κ1) is 15.2. The van der Waals surface area contributed by atoms with Crippen molar-refractivity contribution in [2.45, 2.75) is 38.6 Å². The van der Waals surface area contributed by atoms with Gasteiger partial charge in [-0.2, -0.15) is 0 Å². The Balaban J connectivity index is 2.34. The lowest BCUT2D eigenvalue weighted by Crippen LogP contribution is -2.41. The van der Waals surface area contributed by atoms with Crippen molar-refractivity contribution >= 4 is 5.97 Å². The highest BCUT2D eigenvalue weighted by Crippen LogP contribution is 2.18. The van der Waals surface area contributed by atoms with Crippen molar-refractivity contribution < 1.29 is 9.53 Å². The van der Waals surface area contributed by atoms with Crippen LogP contribution in [-0.2, 0) is 9.53 Å². The summed E-state index contributed by atoms with van der Waals surface area (Å²) in [4.78, 5) is 13.7. The summed E-state index contributed by atoms with van der Waals surface area (Å²) in [6.45, 7) is 5.32.